The first-order valence-electron chi connectivity index (χ1n) is 4.03. The van der Waals surface area contributed by atoms with Gasteiger partial charge in [-0.2, -0.15) is 5.10 Å². The Kier molecular flexibility index (Phi) is 3.05. The number of rotatable bonds is 4. The van der Waals surface area contributed by atoms with Crippen molar-refractivity contribution in [2.75, 3.05) is 13.6 Å². The lowest BCUT2D eigenvalue weighted by Gasteiger charge is -2.06. The smallest absolute Gasteiger partial charge is 0.0632 e. The van der Waals surface area contributed by atoms with Crippen LogP contribution in [0, 0.1) is 6.92 Å². The van der Waals surface area contributed by atoms with Crippen LogP contribution in [0.15, 0.2) is 24.4 Å². The van der Waals surface area contributed by atoms with Gasteiger partial charge in [0.15, 0.2) is 0 Å². The van der Waals surface area contributed by atoms with Crippen LogP contribution >= 0.6 is 0 Å². The maximum atomic E-state index is 4.17. The highest BCUT2D eigenvalue weighted by molar-refractivity contribution is 5.02. The average Bonchev–Trinajstić information content (AvgIpc) is 2.37. The first kappa shape index (κ1) is 9.00. The molecule has 0 bridgehead atoms. The lowest BCUT2D eigenvalue weighted by molar-refractivity contribution is 0.639. The normalized spacial score (nSPS) is 10.2. The second-order valence-corrected chi connectivity index (χ2v) is 2.91. The standard InChI is InChI=1S/C9H15N3/c1-8(6-10-3)7-12-9(2)4-5-11-12/h4-5,10H,1,6-7H2,2-3H3. The van der Waals surface area contributed by atoms with Gasteiger partial charge in [-0.25, -0.2) is 0 Å². The highest BCUT2D eigenvalue weighted by Crippen LogP contribution is 1.99. The van der Waals surface area contributed by atoms with Crippen LogP contribution in [0.2, 0.25) is 0 Å². The zero-order chi connectivity index (χ0) is 8.97. The van der Waals surface area contributed by atoms with Gasteiger partial charge in [0.05, 0.1) is 6.54 Å². The molecule has 0 spiro atoms. The molecule has 1 N–H and O–H groups in total. The monoisotopic (exact) mass is 165 g/mol. The maximum absolute atomic E-state index is 4.17. The lowest BCUT2D eigenvalue weighted by Crippen LogP contribution is -2.14. The number of hydrogen-bond donors (Lipinski definition) is 1. The van der Waals surface area contributed by atoms with E-state index in [4.69, 9.17) is 0 Å². The van der Waals surface area contributed by atoms with E-state index < -0.39 is 0 Å². The zero-order valence-electron chi connectivity index (χ0n) is 7.67. The Balaban J connectivity index is 2.52. The Morgan fingerprint density at radius 3 is 3.00 bits per heavy atom. The van der Waals surface area contributed by atoms with Crippen molar-refractivity contribution in [1.29, 1.82) is 0 Å². The Hall–Kier alpha value is -1.09. The van der Waals surface area contributed by atoms with Crippen LogP contribution in [0.1, 0.15) is 5.69 Å². The summed E-state index contributed by atoms with van der Waals surface area (Å²) in [6.45, 7) is 7.63. The first-order chi connectivity index (χ1) is 5.74. The zero-order valence-corrected chi connectivity index (χ0v) is 7.67. The Labute approximate surface area is 73.1 Å². The highest BCUT2D eigenvalue weighted by Gasteiger charge is 1.98. The summed E-state index contributed by atoms with van der Waals surface area (Å²) < 4.78 is 1.94. The third kappa shape index (κ3) is 2.20. The third-order valence-electron chi connectivity index (χ3n) is 1.73. The van der Waals surface area contributed by atoms with E-state index in [1.807, 2.05) is 30.9 Å². The van der Waals surface area contributed by atoms with E-state index in [2.05, 4.69) is 17.0 Å². The molecule has 1 aromatic rings. The molecule has 1 rings (SSSR count). The number of aryl methyl sites for hydroxylation is 1. The minimum absolute atomic E-state index is 0.805. The van der Waals surface area contributed by atoms with Crippen molar-refractivity contribution in [2.24, 2.45) is 0 Å². The molecule has 0 saturated carbocycles. The maximum Gasteiger partial charge on any atom is 0.0632 e. The molecule has 3 nitrogen and oxygen atoms in total. The molecule has 66 valence electrons. The molecular weight excluding hydrogens is 150 g/mol. The molecular formula is C9H15N3. The first-order valence-corrected chi connectivity index (χ1v) is 4.03. The van der Waals surface area contributed by atoms with Gasteiger partial charge in [-0.05, 0) is 25.6 Å². The Bertz CT molecular complexity index is 262. The van der Waals surface area contributed by atoms with Crippen molar-refractivity contribution < 1.29 is 0 Å². The van der Waals surface area contributed by atoms with Gasteiger partial charge in [0.25, 0.3) is 0 Å². The minimum atomic E-state index is 0.805. The van der Waals surface area contributed by atoms with Gasteiger partial charge < -0.3 is 5.32 Å². The number of likely N-dealkylation sites (N-methyl/N-ethyl adjacent to an activating group) is 1. The second kappa shape index (κ2) is 4.07. The van der Waals surface area contributed by atoms with Crippen LogP contribution in [0.3, 0.4) is 0 Å². The SMILES string of the molecule is C=C(CNC)Cn1nccc1C. The van der Waals surface area contributed by atoms with Crippen LogP contribution in [0.4, 0.5) is 0 Å². The Morgan fingerprint density at radius 1 is 1.75 bits per heavy atom. The average molecular weight is 165 g/mol. The second-order valence-electron chi connectivity index (χ2n) is 2.91. The van der Waals surface area contributed by atoms with Crippen LogP contribution in [0.5, 0.6) is 0 Å². The molecule has 0 aliphatic heterocycles. The molecule has 0 atom stereocenters. The molecule has 0 aromatic carbocycles. The molecule has 0 unspecified atom stereocenters. The number of hydrogen-bond acceptors (Lipinski definition) is 2. The topological polar surface area (TPSA) is 29.9 Å². The van der Waals surface area contributed by atoms with Crippen molar-refractivity contribution in [3.05, 3.63) is 30.1 Å². The summed E-state index contributed by atoms with van der Waals surface area (Å²) in [6, 6.07) is 1.99. The molecule has 0 saturated heterocycles. The number of nitrogens with one attached hydrogen (secondary N) is 1. The summed E-state index contributed by atoms with van der Waals surface area (Å²) in [7, 11) is 1.92. The predicted molar refractivity (Wildman–Crippen MR) is 50.0 cm³/mol. The molecule has 0 radical (unpaired) electrons. The fourth-order valence-corrected chi connectivity index (χ4v) is 1.08. The fraction of sp³-hybridized carbons (Fsp3) is 0.444. The minimum Gasteiger partial charge on any atom is -0.316 e. The molecule has 12 heavy (non-hydrogen) atoms. The van der Waals surface area contributed by atoms with Crippen LogP contribution < -0.4 is 5.32 Å². The van der Waals surface area contributed by atoms with Crippen molar-refractivity contribution >= 4 is 0 Å². The van der Waals surface area contributed by atoms with Crippen LogP contribution in [-0.2, 0) is 6.54 Å². The summed E-state index contributed by atoms with van der Waals surface area (Å²) >= 11 is 0. The van der Waals surface area contributed by atoms with Crippen LogP contribution in [-0.4, -0.2) is 23.4 Å². The molecule has 0 amide bonds. The summed E-state index contributed by atoms with van der Waals surface area (Å²) in [5.74, 6) is 0. The van der Waals surface area contributed by atoms with E-state index in [9.17, 15) is 0 Å². The summed E-state index contributed by atoms with van der Waals surface area (Å²) in [6.07, 6.45) is 1.81. The summed E-state index contributed by atoms with van der Waals surface area (Å²) in [5.41, 5.74) is 2.32. The van der Waals surface area contributed by atoms with Gasteiger partial charge in [-0.3, -0.25) is 4.68 Å². The van der Waals surface area contributed by atoms with E-state index >= 15 is 0 Å². The number of aromatic nitrogens is 2. The molecule has 1 aromatic heterocycles. The quantitative estimate of drug-likeness (QED) is 0.674. The fourth-order valence-electron chi connectivity index (χ4n) is 1.08. The Morgan fingerprint density at radius 2 is 2.50 bits per heavy atom. The molecule has 0 aliphatic carbocycles. The molecule has 0 aliphatic rings. The van der Waals surface area contributed by atoms with Crippen molar-refractivity contribution in [2.45, 2.75) is 13.5 Å². The van der Waals surface area contributed by atoms with Crippen molar-refractivity contribution in [3.63, 3.8) is 0 Å². The molecule has 3 heteroatoms. The van der Waals surface area contributed by atoms with E-state index in [0.29, 0.717) is 0 Å². The predicted octanol–water partition coefficient (Wildman–Crippen LogP) is 0.967. The van der Waals surface area contributed by atoms with Gasteiger partial charge >= 0.3 is 0 Å². The van der Waals surface area contributed by atoms with Gasteiger partial charge in [-0.15, -0.1) is 0 Å². The lowest BCUT2D eigenvalue weighted by atomic mass is 10.3. The van der Waals surface area contributed by atoms with Gasteiger partial charge in [0.2, 0.25) is 0 Å². The van der Waals surface area contributed by atoms with Gasteiger partial charge in [0, 0.05) is 18.4 Å². The van der Waals surface area contributed by atoms with Crippen LogP contribution in [0.25, 0.3) is 0 Å². The molecule has 0 fully saturated rings. The van der Waals surface area contributed by atoms with E-state index in [1.54, 1.807) is 0 Å². The van der Waals surface area contributed by atoms with E-state index in [0.717, 1.165) is 18.7 Å². The van der Waals surface area contributed by atoms with Gasteiger partial charge in [-0.1, -0.05) is 6.58 Å². The van der Waals surface area contributed by atoms with E-state index in [-0.39, 0.29) is 0 Å². The van der Waals surface area contributed by atoms with Crippen molar-refractivity contribution in [1.82, 2.24) is 15.1 Å². The van der Waals surface area contributed by atoms with Gasteiger partial charge in [0.1, 0.15) is 0 Å². The summed E-state index contributed by atoms with van der Waals surface area (Å²) in [5, 5.41) is 7.22. The highest BCUT2D eigenvalue weighted by atomic mass is 15.3. The van der Waals surface area contributed by atoms with Crippen molar-refractivity contribution in [3.8, 4) is 0 Å². The largest absolute Gasteiger partial charge is 0.316 e. The molecule has 1 heterocycles. The summed E-state index contributed by atoms with van der Waals surface area (Å²) in [4.78, 5) is 0. The van der Waals surface area contributed by atoms with E-state index in [1.165, 1.54) is 5.69 Å². The number of nitrogens with zero attached hydrogens (tertiary/aromatic N) is 2. The third-order valence-corrected chi connectivity index (χ3v) is 1.73.